The molecule has 0 spiro atoms. The Bertz CT molecular complexity index is 1010. The highest BCUT2D eigenvalue weighted by Crippen LogP contribution is 2.41. The second-order valence-corrected chi connectivity index (χ2v) is 7.91. The third kappa shape index (κ3) is 3.71. The van der Waals surface area contributed by atoms with Crippen LogP contribution < -0.4 is 10.1 Å². The number of amides is 1. The van der Waals surface area contributed by atoms with Gasteiger partial charge in [-0.15, -0.1) is 0 Å². The first kappa shape index (κ1) is 19.4. The van der Waals surface area contributed by atoms with E-state index in [-0.39, 0.29) is 5.91 Å². The lowest BCUT2D eigenvalue weighted by atomic mass is 9.68. The highest BCUT2D eigenvalue weighted by molar-refractivity contribution is 6.06. The van der Waals surface area contributed by atoms with Crippen LogP contribution in [0.3, 0.4) is 0 Å². The molecule has 150 valence electrons. The summed E-state index contributed by atoms with van der Waals surface area (Å²) in [5.74, 6) is 0.822. The molecule has 0 aliphatic heterocycles. The summed E-state index contributed by atoms with van der Waals surface area (Å²) in [7, 11) is 0. The Kier molecular flexibility index (Phi) is 5.52. The van der Waals surface area contributed by atoms with Crippen LogP contribution in [0.4, 0.5) is 5.69 Å². The van der Waals surface area contributed by atoms with Crippen LogP contribution in [0.1, 0.15) is 50.2 Å². The normalized spacial score (nSPS) is 15.8. The third-order valence-corrected chi connectivity index (χ3v) is 6.03. The standard InChI is InChI=1S/C25H28N2O2/c1-3-29-22-14-13-21(20-8-7-17-26-23(20)22)27-24(28)25(15-5-4-6-16-25)19-11-9-18(2)10-12-19/h7-14,17H,3-6,15-16H2,1-2H3,(H,27,28). The fraction of sp³-hybridized carbons (Fsp3) is 0.360. The molecule has 4 nitrogen and oxygen atoms in total. The van der Waals surface area contributed by atoms with Crippen molar-refractivity contribution in [3.63, 3.8) is 0 Å². The predicted molar refractivity (Wildman–Crippen MR) is 117 cm³/mol. The van der Waals surface area contributed by atoms with Crippen molar-refractivity contribution in [3.8, 4) is 5.75 Å². The number of fused-ring (bicyclic) bond motifs is 1. The molecule has 1 heterocycles. The Hall–Kier alpha value is -2.88. The minimum absolute atomic E-state index is 0.0790. The monoisotopic (exact) mass is 388 g/mol. The van der Waals surface area contributed by atoms with Crippen molar-refractivity contribution in [3.05, 3.63) is 65.9 Å². The van der Waals surface area contributed by atoms with Crippen molar-refractivity contribution in [1.29, 1.82) is 0 Å². The largest absolute Gasteiger partial charge is 0.492 e. The predicted octanol–water partition coefficient (Wildman–Crippen LogP) is 5.78. The lowest BCUT2D eigenvalue weighted by Crippen LogP contribution is -2.42. The smallest absolute Gasteiger partial charge is 0.235 e. The van der Waals surface area contributed by atoms with E-state index in [2.05, 4.69) is 41.5 Å². The molecule has 4 heteroatoms. The van der Waals surface area contributed by atoms with Crippen molar-refractivity contribution in [2.24, 2.45) is 0 Å². The number of rotatable bonds is 5. The number of carbonyl (C=O) groups is 1. The fourth-order valence-electron chi connectivity index (χ4n) is 4.44. The maximum atomic E-state index is 13.7. The number of carbonyl (C=O) groups excluding carboxylic acids is 1. The molecule has 3 aromatic rings. The molecule has 0 unspecified atom stereocenters. The zero-order valence-electron chi connectivity index (χ0n) is 17.2. The molecule has 4 rings (SSSR count). The Morgan fingerprint density at radius 2 is 1.83 bits per heavy atom. The van der Waals surface area contributed by atoms with Crippen LogP contribution in [-0.4, -0.2) is 17.5 Å². The SMILES string of the molecule is CCOc1ccc(NC(=O)C2(c3ccc(C)cc3)CCCCC2)c2cccnc12. The minimum Gasteiger partial charge on any atom is -0.492 e. The van der Waals surface area contributed by atoms with Gasteiger partial charge in [0.05, 0.1) is 17.7 Å². The highest BCUT2D eigenvalue weighted by Gasteiger charge is 2.41. The van der Waals surface area contributed by atoms with E-state index in [1.807, 2.05) is 31.2 Å². The average molecular weight is 389 g/mol. The maximum Gasteiger partial charge on any atom is 0.235 e. The molecule has 1 fully saturated rings. The van der Waals surface area contributed by atoms with Crippen molar-refractivity contribution < 1.29 is 9.53 Å². The number of anilines is 1. The third-order valence-electron chi connectivity index (χ3n) is 6.03. The topological polar surface area (TPSA) is 51.2 Å². The van der Waals surface area contributed by atoms with E-state index in [1.165, 1.54) is 12.0 Å². The molecule has 1 N–H and O–H groups in total. The molecule has 1 saturated carbocycles. The van der Waals surface area contributed by atoms with Gasteiger partial charge in [0.2, 0.25) is 5.91 Å². The number of nitrogens with zero attached hydrogens (tertiary/aromatic N) is 1. The summed E-state index contributed by atoms with van der Waals surface area (Å²) in [6, 6.07) is 16.2. The number of aryl methyl sites for hydroxylation is 1. The van der Waals surface area contributed by atoms with E-state index >= 15 is 0 Å². The van der Waals surface area contributed by atoms with Gasteiger partial charge in [0, 0.05) is 11.6 Å². The van der Waals surface area contributed by atoms with E-state index in [4.69, 9.17) is 4.74 Å². The molecule has 1 aliphatic carbocycles. The van der Waals surface area contributed by atoms with Gasteiger partial charge in [-0.2, -0.15) is 0 Å². The highest BCUT2D eigenvalue weighted by atomic mass is 16.5. The van der Waals surface area contributed by atoms with Crippen LogP contribution in [0, 0.1) is 6.92 Å². The van der Waals surface area contributed by atoms with Gasteiger partial charge in [-0.05, 0) is 56.5 Å². The van der Waals surface area contributed by atoms with E-state index in [9.17, 15) is 4.79 Å². The van der Waals surface area contributed by atoms with E-state index < -0.39 is 5.41 Å². The number of hydrogen-bond donors (Lipinski definition) is 1. The zero-order valence-corrected chi connectivity index (χ0v) is 17.2. The quantitative estimate of drug-likeness (QED) is 0.602. The number of aromatic nitrogens is 1. The van der Waals surface area contributed by atoms with Gasteiger partial charge in [0.25, 0.3) is 0 Å². The van der Waals surface area contributed by atoms with Gasteiger partial charge in [-0.3, -0.25) is 9.78 Å². The van der Waals surface area contributed by atoms with Crippen LogP contribution in [0.5, 0.6) is 5.75 Å². The molecule has 2 aromatic carbocycles. The van der Waals surface area contributed by atoms with Crippen LogP contribution in [-0.2, 0) is 10.2 Å². The molecular weight excluding hydrogens is 360 g/mol. The number of benzene rings is 2. The van der Waals surface area contributed by atoms with Gasteiger partial charge >= 0.3 is 0 Å². The first-order chi connectivity index (χ1) is 14.1. The zero-order chi connectivity index (χ0) is 20.3. The summed E-state index contributed by atoms with van der Waals surface area (Å²) in [5, 5.41) is 4.15. The first-order valence-corrected chi connectivity index (χ1v) is 10.5. The van der Waals surface area contributed by atoms with Crippen LogP contribution in [0.25, 0.3) is 10.9 Å². The van der Waals surface area contributed by atoms with Crippen molar-refractivity contribution >= 4 is 22.5 Å². The van der Waals surface area contributed by atoms with E-state index in [0.717, 1.165) is 53.6 Å². The van der Waals surface area contributed by atoms with Gasteiger partial charge in [0.1, 0.15) is 11.3 Å². The van der Waals surface area contributed by atoms with Gasteiger partial charge in [-0.25, -0.2) is 0 Å². The Labute approximate surface area is 172 Å². The molecule has 1 aromatic heterocycles. The number of pyridine rings is 1. The Balaban J connectivity index is 1.72. The van der Waals surface area contributed by atoms with Crippen molar-refractivity contribution in [2.45, 2.75) is 51.4 Å². The summed E-state index contributed by atoms with van der Waals surface area (Å²) < 4.78 is 5.72. The second-order valence-electron chi connectivity index (χ2n) is 7.91. The second kappa shape index (κ2) is 8.24. The summed E-state index contributed by atoms with van der Waals surface area (Å²) in [6.07, 6.45) is 6.87. The summed E-state index contributed by atoms with van der Waals surface area (Å²) >= 11 is 0. The minimum atomic E-state index is -0.473. The molecule has 0 bridgehead atoms. The fourth-order valence-corrected chi connectivity index (χ4v) is 4.44. The molecule has 0 atom stereocenters. The average Bonchev–Trinajstić information content (AvgIpc) is 2.76. The summed E-state index contributed by atoms with van der Waals surface area (Å²) in [4.78, 5) is 18.2. The van der Waals surface area contributed by atoms with Gasteiger partial charge in [0.15, 0.2) is 0 Å². The molecule has 29 heavy (non-hydrogen) atoms. The Morgan fingerprint density at radius 3 is 2.55 bits per heavy atom. The lowest BCUT2D eigenvalue weighted by molar-refractivity contribution is -0.122. The molecular formula is C25H28N2O2. The number of nitrogens with one attached hydrogen (secondary N) is 1. The summed E-state index contributed by atoms with van der Waals surface area (Å²) in [5.41, 5.74) is 3.43. The molecule has 0 radical (unpaired) electrons. The Morgan fingerprint density at radius 1 is 1.07 bits per heavy atom. The van der Waals surface area contributed by atoms with Crippen molar-refractivity contribution in [1.82, 2.24) is 4.98 Å². The van der Waals surface area contributed by atoms with Gasteiger partial charge in [-0.1, -0.05) is 49.1 Å². The molecule has 1 aliphatic rings. The van der Waals surface area contributed by atoms with Crippen molar-refractivity contribution in [2.75, 3.05) is 11.9 Å². The maximum absolute atomic E-state index is 13.7. The molecule has 1 amide bonds. The summed E-state index contributed by atoms with van der Waals surface area (Å²) in [6.45, 7) is 4.61. The lowest BCUT2D eigenvalue weighted by Gasteiger charge is -2.36. The van der Waals surface area contributed by atoms with E-state index in [0.29, 0.717) is 6.61 Å². The van der Waals surface area contributed by atoms with Crippen LogP contribution in [0.2, 0.25) is 0 Å². The number of hydrogen-bond acceptors (Lipinski definition) is 3. The van der Waals surface area contributed by atoms with E-state index in [1.54, 1.807) is 6.20 Å². The van der Waals surface area contributed by atoms with Gasteiger partial charge < -0.3 is 10.1 Å². The molecule has 0 saturated heterocycles. The van der Waals surface area contributed by atoms with Crippen LogP contribution in [0.15, 0.2) is 54.7 Å². The van der Waals surface area contributed by atoms with Crippen LogP contribution >= 0.6 is 0 Å². The first-order valence-electron chi connectivity index (χ1n) is 10.5. The number of ether oxygens (including phenoxy) is 1.